The summed E-state index contributed by atoms with van der Waals surface area (Å²) in [5.41, 5.74) is 2.55. The Morgan fingerprint density at radius 3 is 2.21 bits per heavy atom. The molecule has 158 valence electrons. The molecule has 0 aliphatic heterocycles. The van der Waals surface area contributed by atoms with E-state index >= 15 is 0 Å². The molecule has 1 aliphatic rings. The largest absolute Gasteiger partial charge is 0.356 e. The van der Waals surface area contributed by atoms with Gasteiger partial charge in [-0.15, -0.1) is 24.0 Å². The Labute approximate surface area is 190 Å². The first-order valence-corrected chi connectivity index (χ1v) is 11.0. The van der Waals surface area contributed by atoms with E-state index < -0.39 is 10.0 Å². The monoisotopic (exact) mass is 528 g/mol. The minimum atomic E-state index is -3.41. The summed E-state index contributed by atoms with van der Waals surface area (Å²) in [5.74, 6) is 0.745. The van der Waals surface area contributed by atoms with E-state index in [0.717, 1.165) is 18.1 Å². The normalized spacial score (nSPS) is 15.7. The van der Waals surface area contributed by atoms with Crippen LogP contribution in [0.1, 0.15) is 30.4 Å². The molecule has 0 aromatic heterocycles. The summed E-state index contributed by atoms with van der Waals surface area (Å²) in [7, 11) is -0.240. The lowest BCUT2D eigenvalue weighted by atomic mass is 9.64. The van der Waals surface area contributed by atoms with E-state index in [4.69, 9.17) is 0 Å². The van der Waals surface area contributed by atoms with Gasteiger partial charge in [-0.3, -0.25) is 4.99 Å². The molecule has 3 rings (SSSR count). The fourth-order valence-corrected chi connectivity index (χ4v) is 4.26. The van der Waals surface area contributed by atoms with Crippen molar-refractivity contribution in [3.63, 3.8) is 0 Å². The summed E-state index contributed by atoms with van der Waals surface area (Å²) in [6.07, 6.45) is 3.62. The molecule has 0 atom stereocenters. The molecule has 2 aromatic rings. The number of nitrogens with one attached hydrogen (secondary N) is 3. The maximum absolute atomic E-state index is 11.8. The number of guanidine groups is 1. The number of hydrogen-bond donors (Lipinski definition) is 3. The Bertz CT molecular complexity index is 911. The average Bonchev–Trinajstić information content (AvgIpc) is 2.70. The summed E-state index contributed by atoms with van der Waals surface area (Å²) in [4.78, 5) is 4.58. The first kappa shape index (κ1) is 23.6. The molecule has 29 heavy (non-hydrogen) atoms. The van der Waals surface area contributed by atoms with E-state index in [1.807, 2.05) is 12.1 Å². The van der Waals surface area contributed by atoms with Gasteiger partial charge in [-0.2, -0.15) is 0 Å². The van der Waals surface area contributed by atoms with Gasteiger partial charge in [-0.1, -0.05) is 48.9 Å². The predicted molar refractivity (Wildman–Crippen MR) is 128 cm³/mol. The minimum absolute atomic E-state index is 0. The molecule has 0 amide bonds. The first-order valence-electron chi connectivity index (χ1n) is 9.52. The van der Waals surface area contributed by atoms with E-state index in [0.29, 0.717) is 6.54 Å². The van der Waals surface area contributed by atoms with Crippen molar-refractivity contribution in [2.75, 3.05) is 20.6 Å². The molecule has 0 unspecified atom stereocenters. The molecule has 0 heterocycles. The Morgan fingerprint density at radius 2 is 1.69 bits per heavy atom. The molecule has 1 aliphatic carbocycles. The minimum Gasteiger partial charge on any atom is -0.356 e. The zero-order chi connectivity index (χ0) is 20.0. The molecule has 6 nitrogen and oxygen atoms in total. The van der Waals surface area contributed by atoms with Crippen molar-refractivity contribution >= 4 is 40.0 Å². The molecule has 1 saturated carbocycles. The van der Waals surface area contributed by atoms with Gasteiger partial charge < -0.3 is 10.6 Å². The molecule has 2 aromatic carbocycles. The van der Waals surface area contributed by atoms with E-state index in [2.05, 4.69) is 50.7 Å². The summed E-state index contributed by atoms with van der Waals surface area (Å²) < 4.78 is 25.9. The molecule has 0 radical (unpaired) electrons. The fraction of sp³-hybridized carbons (Fsp3) is 0.381. The predicted octanol–water partition coefficient (Wildman–Crippen LogP) is 3.00. The zero-order valence-electron chi connectivity index (χ0n) is 16.8. The summed E-state index contributed by atoms with van der Waals surface area (Å²) >= 11 is 0. The summed E-state index contributed by atoms with van der Waals surface area (Å²) in [6.45, 7) is 1.41. The van der Waals surface area contributed by atoms with Crippen LogP contribution in [0.4, 0.5) is 0 Å². The van der Waals surface area contributed by atoms with Crippen LogP contribution < -0.4 is 15.4 Å². The van der Waals surface area contributed by atoms with E-state index in [-0.39, 0.29) is 34.3 Å². The van der Waals surface area contributed by atoms with Crippen molar-refractivity contribution in [3.8, 4) is 0 Å². The highest BCUT2D eigenvalue weighted by atomic mass is 127. The molecular formula is C21H29IN4O2S. The zero-order valence-corrected chi connectivity index (χ0v) is 20.0. The van der Waals surface area contributed by atoms with Gasteiger partial charge in [0.25, 0.3) is 0 Å². The summed E-state index contributed by atoms with van der Waals surface area (Å²) in [6, 6.07) is 17.5. The van der Waals surface area contributed by atoms with Gasteiger partial charge >= 0.3 is 0 Å². The Hall–Kier alpha value is -1.65. The highest BCUT2D eigenvalue weighted by Gasteiger charge is 2.38. The SMILES string of the molecule is CN=C(NCc1ccc(S(=O)(=O)NC)cc1)NCC1(c2ccccc2)CCC1.I. The van der Waals surface area contributed by atoms with Gasteiger partial charge in [0.1, 0.15) is 0 Å². The van der Waals surface area contributed by atoms with Crippen molar-refractivity contribution in [2.45, 2.75) is 36.1 Å². The van der Waals surface area contributed by atoms with Gasteiger partial charge in [0, 0.05) is 25.6 Å². The first-order chi connectivity index (χ1) is 13.5. The maximum atomic E-state index is 11.8. The van der Waals surface area contributed by atoms with Gasteiger partial charge in [-0.05, 0) is 43.1 Å². The maximum Gasteiger partial charge on any atom is 0.240 e. The van der Waals surface area contributed by atoms with Crippen LogP contribution in [-0.4, -0.2) is 35.0 Å². The van der Waals surface area contributed by atoms with Crippen molar-refractivity contribution in [3.05, 3.63) is 65.7 Å². The molecule has 0 spiro atoms. The molecule has 0 saturated heterocycles. The van der Waals surface area contributed by atoms with Crippen molar-refractivity contribution in [2.24, 2.45) is 4.99 Å². The fourth-order valence-electron chi connectivity index (χ4n) is 3.53. The van der Waals surface area contributed by atoms with Crippen LogP contribution >= 0.6 is 24.0 Å². The Kier molecular flexibility index (Phi) is 8.47. The highest BCUT2D eigenvalue weighted by Crippen LogP contribution is 2.43. The molecule has 1 fully saturated rings. The van der Waals surface area contributed by atoms with Gasteiger partial charge in [0.05, 0.1) is 4.90 Å². The van der Waals surface area contributed by atoms with E-state index in [9.17, 15) is 8.42 Å². The van der Waals surface area contributed by atoms with Gasteiger partial charge in [-0.25, -0.2) is 13.1 Å². The highest BCUT2D eigenvalue weighted by molar-refractivity contribution is 14.0. The average molecular weight is 528 g/mol. The van der Waals surface area contributed by atoms with Crippen molar-refractivity contribution < 1.29 is 8.42 Å². The van der Waals surface area contributed by atoms with Crippen molar-refractivity contribution in [1.29, 1.82) is 0 Å². The number of nitrogens with zero attached hydrogens (tertiary/aromatic N) is 1. The lowest BCUT2D eigenvalue weighted by Gasteiger charge is -2.43. The quantitative estimate of drug-likeness (QED) is 0.293. The molecular weight excluding hydrogens is 499 g/mol. The summed E-state index contributed by atoms with van der Waals surface area (Å²) in [5, 5.41) is 6.76. The second kappa shape index (κ2) is 10.4. The van der Waals surface area contributed by atoms with Crippen LogP contribution in [0.5, 0.6) is 0 Å². The second-order valence-corrected chi connectivity index (χ2v) is 9.02. The van der Waals surface area contributed by atoms with Crippen LogP contribution in [0.25, 0.3) is 0 Å². The number of sulfonamides is 1. The lowest BCUT2D eigenvalue weighted by molar-refractivity contribution is 0.244. The van der Waals surface area contributed by atoms with Crippen LogP contribution in [0, 0.1) is 0 Å². The standard InChI is InChI=1S/C21H28N4O2S.HI/c1-22-20(24-15-17-9-11-19(12-10-17)28(26,27)23-2)25-16-21(13-6-14-21)18-7-4-3-5-8-18;/h3-5,7-12,23H,6,13-16H2,1-2H3,(H2,22,24,25);1H. The number of aliphatic imine (C=N–C) groups is 1. The third kappa shape index (κ3) is 5.70. The number of rotatable bonds is 7. The topological polar surface area (TPSA) is 82.6 Å². The van der Waals surface area contributed by atoms with Crippen LogP contribution in [-0.2, 0) is 22.0 Å². The molecule has 0 bridgehead atoms. The van der Waals surface area contributed by atoms with Crippen LogP contribution in [0.15, 0.2) is 64.5 Å². The molecule has 8 heteroatoms. The Morgan fingerprint density at radius 1 is 1.03 bits per heavy atom. The second-order valence-electron chi connectivity index (χ2n) is 7.13. The number of benzene rings is 2. The van der Waals surface area contributed by atoms with Gasteiger partial charge in [0.2, 0.25) is 10.0 Å². The lowest BCUT2D eigenvalue weighted by Crippen LogP contribution is -2.48. The van der Waals surface area contributed by atoms with Gasteiger partial charge in [0.15, 0.2) is 5.96 Å². The molecule has 3 N–H and O–H groups in total. The van der Waals surface area contributed by atoms with Crippen LogP contribution in [0.3, 0.4) is 0 Å². The smallest absolute Gasteiger partial charge is 0.240 e. The van der Waals surface area contributed by atoms with Crippen LogP contribution in [0.2, 0.25) is 0 Å². The van der Waals surface area contributed by atoms with E-state index in [1.165, 1.54) is 31.9 Å². The third-order valence-corrected chi connectivity index (χ3v) is 6.91. The third-order valence-electron chi connectivity index (χ3n) is 5.48. The number of hydrogen-bond acceptors (Lipinski definition) is 3. The Balaban J connectivity index is 0.00000300. The number of halogens is 1. The van der Waals surface area contributed by atoms with E-state index in [1.54, 1.807) is 19.2 Å². The van der Waals surface area contributed by atoms with Crippen molar-refractivity contribution in [1.82, 2.24) is 15.4 Å².